The fourth-order valence-electron chi connectivity index (χ4n) is 3.27. The third kappa shape index (κ3) is 2.96. The van der Waals surface area contributed by atoms with Gasteiger partial charge in [-0.05, 0) is 29.7 Å². The average Bonchev–Trinajstić information content (AvgIpc) is 3.13. The zero-order valence-corrected chi connectivity index (χ0v) is 15.8. The Kier molecular flexibility index (Phi) is 4.49. The van der Waals surface area contributed by atoms with E-state index in [0.29, 0.717) is 28.9 Å². The Morgan fingerprint density at radius 2 is 1.61 bits per heavy atom. The molecule has 142 valence electrons. The van der Waals surface area contributed by atoms with E-state index in [1.165, 1.54) is 0 Å². The number of aromatic nitrogens is 3. The number of benzene rings is 2. The van der Waals surface area contributed by atoms with Gasteiger partial charge in [-0.25, -0.2) is 4.98 Å². The molecule has 4 rings (SSSR count). The maximum Gasteiger partial charge on any atom is 0.203 e. The third-order valence-corrected chi connectivity index (χ3v) is 4.59. The van der Waals surface area contributed by atoms with Gasteiger partial charge in [-0.1, -0.05) is 12.1 Å². The van der Waals surface area contributed by atoms with Crippen LogP contribution in [0.3, 0.4) is 0 Å². The van der Waals surface area contributed by atoms with Crippen LogP contribution in [0.1, 0.15) is 0 Å². The lowest BCUT2D eigenvalue weighted by Crippen LogP contribution is -1.96. The molecule has 0 atom stereocenters. The summed E-state index contributed by atoms with van der Waals surface area (Å²) >= 11 is 0. The molecule has 0 radical (unpaired) electrons. The van der Waals surface area contributed by atoms with Crippen molar-refractivity contribution >= 4 is 16.7 Å². The minimum atomic E-state index is 0.327. The molecule has 7 heteroatoms. The van der Waals surface area contributed by atoms with Crippen molar-refractivity contribution in [2.24, 2.45) is 0 Å². The van der Waals surface area contributed by atoms with Crippen molar-refractivity contribution in [2.75, 3.05) is 27.1 Å². The largest absolute Gasteiger partial charge is 0.493 e. The van der Waals surface area contributed by atoms with Crippen LogP contribution in [0.2, 0.25) is 0 Å². The van der Waals surface area contributed by atoms with E-state index in [4.69, 9.17) is 19.9 Å². The average molecular weight is 376 g/mol. The van der Waals surface area contributed by atoms with E-state index in [-0.39, 0.29) is 0 Å². The quantitative estimate of drug-likeness (QED) is 0.548. The number of fused-ring (bicyclic) bond motifs is 1. The second-order valence-corrected chi connectivity index (χ2v) is 6.20. The normalized spacial score (nSPS) is 10.8. The van der Waals surface area contributed by atoms with Crippen LogP contribution in [0, 0.1) is 0 Å². The van der Waals surface area contributed by atoms with E-state index in [0.717, 1.165) is 27.6 Å². The zero-order chi connectivity index (χ0) is 19.7. The maximum atomic E-state index is 6.00. The molecule has 0 aliphatic heterocycles. The van der Waals surface area contributed by atoms with Crippen LogP contribution in [-0.4, -0.2) is 36.3 Å². The lowest BCUT2D eigenvalue weighted by atomic mass is 10.0. The Bertz CT molecular complexity index is 1130. The van der Waals surface area contributed by atoms with Crippen molar-refractivity contribution in [3.05, 3.63) is 48.8 Å². The van der Waals surface area contributed by atoms with Gasteiger partial charge in [-0.2, -0.15) is 0 Å². The number of nitrogens with two attached hydrogens (primary N) is 1. The first-order valence-corrected chi connectivity index (χ1v) is 8.64. The molecule has 0 fully saturated rings. The molecule has 7 nitrogen and oxygen atoms in total. The monoisotopic (exact) mass is 376 g/mol. The van der Waals surface area contributed by atoms with E-state index in [2.05, 4.69) is 21.0 Å². The number of hydrogen-bond acceptors (Lipinski definition) is 6. The number of pyridine rings is 1. The number of nitrogen functional groups attached to an aromatic ring is 1. The van der Waals surface area contributed by atoms with Crippen LogP contribution in [0.15, 0.2) is 48.8 Å². The highest BCUT2D eigenvalue weighted by Gasteiger charge is 2.19. The maximum absolute atomic E-state index is 6.00. The predicted octanol–water partition coefficient (Wildman–Crippen LogP) is 3.90. The van der Waals surface area contributed by atoms with Crippen molar-refractivity contribution in [3.8, 4) is 39.8 Å². The summed E-state index contributed by atoms with van der Waals surface area (Å²) < 4.78 is 16.3. The number of rotatable bonds is 5. The molecule has 0 spiro atoms. The summed E-state index contributed by atoms with van der Waals surface area (Å²) in [4.78, 5) is 11.8. The van der Waals surface area contributed by atoms with E-state index < -0.39 is 0 Å². The van der Waals surface area contributed by atoms with Crippen molar-refractivity contribution in [1.29, 1.82) is 0 Å². The van der Waals surface area contributed by atoms with Crippen LogP contribution >= 0.6 is 0 Å². The number of aromatic amines is 1. The summed E-state index contributed by atoms with van der Waals surface area (Å²) in [6.07, 6.45) is 3.61. The lowest BCUT2D eigenvalue weighted by Gasteiger charge is -2.14. The highest BCUT2D eigenvalue weighted by molar-refractivity contribution is 5.89. The Morgan fingerprint density at radius 1 is 0.857 bits per heavy atom. The van der Waals surface area contributed by atoms with Gasteiger partial charge in [0.1, 0.15) is 0 Å². The Hall–Kier alpha value is -3.74. The van der Waals surface area contributed by atoms with Crippen LogP contribution < -0.4 is 19.9 Å². The van der Waals surface area contributed by atoms with Crippen LogP contribution in [-0.2, 0) is 0 Å². The molecule has 4 aromatic rings. The molecule has 2 aromatic heterocycles. The number of methoxy groups -OCH3 is 3. The highest BCUT2D eigenvalue weighted by atomic mass is 16.5. The van der Waals surface area contributed by atoms with Crippen molar-refractivity contribution in [2.45, 2.75) is 0 Å². The van der Waals surface area contributed by atoms with Gasteiger partial charge in [0.2, 0.25) is 5.75 Å². The lowest BCUT2D eigenvalue weighted by molar-refractivity contribution is 0.324. The number of imidazole rings is 1. The topological polar surface area (TPSA) is 95.3 Å². The molecule has 0 bridgehead atoms. The fraction of sp³-hybridized carbons (Fsp3) is 0.143. The number of nitrogens with one attached hydrogen (secondary N) is 1. The molecule has 0 saturated carbocycles. The zero-order valence-electron chi connectivity index (χ0n) is 15.8. The van der Waals surface area contributed by atoms with Gasteiger partial charge < -0.3 is 24.9 Å². The third-order valence-electron chi connectivity index (χ3n) is 4.59. The second kappa shape index (κ2) is 7.11. The van der Waals surface area contributed by atoms with Crippen LogP contribution in [0.5, 0.6) is 17.2 Å². The first kappa shape index (κ1) is 17.7. The molecule has 2 aromatic carbocycles. The first-order chi connectivity index (χ1) is 13.6. The Labute approximate surface area is 162 Å². The molecule has 0 saturated heterocycles. The molecular formula is C21H20N4O3. The molecule has 3 N–H and O–H groups in total. The van der Waals surface area contributed by atoms with Gasteiger partial charge in [0.15, 0.2) is 17.4 Å². The number of hydrogen-bond donors (Lipinski definition) is 2. The van der Waals surface area contributed by atoms with E-state index in [1.807, 2.05) is 36.5 Å². The van der Waals surface area contributed by atoms with E-state index >= 15 is 0 Å². The SMILES string of the molecule is COc1cc(-c2nc(N)[nH]c2-c2ccc3cnccc3c2)cc(OC)c1OC. The minimum Gasteiger partial charge on any atom is -0.493 e. The molecule has 0 aliphatic rings. The summed E-state index contributed by atoms with van der Waals surface area (Å²) in [5.74, 6) is 1.95. The standard InChI is InChI=1S/C21H20N4O3/c1-26-16-9-15(10-17(27-2)20(16)28-3)19-18(24-21(22)25-19)13-4-5-14-11-23-7-6-12(14)8-13/h4-11H,1-3H3,(H3,22,24,25). The van der Waals surface area contributed by atoms with Gasteiger partial charge in [-0.15, -0.1) is 0 Å². The minimum absolute atomic E-state index is 0.327. The molecule has 0 amide bonds. The summed E-state index contributed by atoms with van der Waals surface area (Å²) in [6.45, 7) is 0. The highest BCUT2D eigenvalue weighted by Crippen LogP contribution is 2.43. The smallest absolute Gasteiger partial charge is 0.203 e. The molecule has 0 unspecified atom stereocenters. The van der Waals surface area contributed by atoms with Crippen molar-refractivity contribution < 1.29 is 14.2 Å². The molecule has 2 heterocycles. The van der Waals surface area contributed by atoms with Gasteiger partial charge in [0.05, 0.1) is 32.7 Å². The van der Waals surface area contributed by atoms with Crippen molar-refractivity contribution in [1.82, 2.24) is 15.0 Å². The van der Waals surface area contributed by atoms with E-state index in [1.54, 1.807) is 27.5 Å². The number of ether oxygens (including phenoxy) is 3. The van der Waals surface area contributed by atoms with Crippen LogP contribution in [0.25, 0.3) is 33.3 Å². The van der Waals surface area contributed by atoms with Gasteiger partial charge in [0.25, 0.3) is 0 Å². The summed E-state index contributed by atoms with van der Waals surface area (Å²) in [5, 5.41) is 2.14. The number of H-pyrrole nitrogens is 1. The van der Waals surface area contributed by atoms with Gasteiger partial charge in [0, 0.05) is 28.9 Å². The summed E-state index contributed by atoms with van der Waals surface area (Å²) in [7, 11) is 4.73. The summed E-state index contributed by atoms with van der Waals surface area (Å²) in [6, 6.07) is 11.8. The van der Waals surface area contributed by atoms with Crippen LogP contribution in [0.4, 0.5) is 5.95 Å². The molecular weight excluding hydrogens is 356 g/mol. The fourth-order valence-corrected chi connectivity index (χ4v) is 3.27. The number of nitrogens with zero attached hydrogens (tertiary/aromatic N) is 2. The van der Waals surface area contributed by atoms with E-state index in [9.17, 15) is 0 Å². The summed E-state index contributed by atoms with van der Waals surface area (Å²) in [5.41, 5.74) is 9.27. The first-order valence-electron chi connectivity index (χ1n) is 8.64. The Balaban J connectivity index is 1.90. The van der Waals surface area contributed by atoms with Gasteiger partial charge in [-0.3, -0.25) is 4.98 Å². The van der Waals surface area contributed by atoms with Crippen molar-refractivity contribution in [3.63, 3.8) is 0 Å². The Morgan fingerprint density at radius 3 is 2.29 bits per heavy atom. The molecule has 28 heavy (non-hydrogen) atoms. The molecule has 0 aliphatic carbocycles. The van der Waals surface area contributed by atoms with Gasteiger partial charge >= 0.3 is 0 Å². The second-order valence-electron chi connectivity index (χ2n) is 6.20. The predicted molar refractivity (Wildman–Crippen MR) is 109 cm³/mol. The number of anilines is 1.